The lowest BCUT2D eigenvalue weighted by molar-refractivity contribution is -0.116. The van der Waals surface area contributed by atoms with Crippen LogP contribution < -0.4 is 5.32 Å². The lowest BCUT2D eigenvalue weighted by Crippen LogP contribution is -2.13. The van der Waals surface area contributed by atoms with Gasteiger partial charge in [0.15, 0.2) is 5.82 Å². The van der Waals surface area contributed by atoms with Crippen molar-refractivity contribution < 1.29 is 4.79 Å². The quantitative estimate of drug-likeness (QED) is 0.825. The van der Waals surface area contributed by atoms with Crippen LogP contribution in [0.1, 0.15) is 30.4 Å². The van der Waals surface area contributed by atoms with Crippen molar-refractivity contribution in [3.05, 3.63) is 54.0 Å². The van der Waals surface area contributed by atoms with Gasteiger partial charge < -0.3 is 5.32 Å². The van der Waals surface area contributed by atoms with Gasteiger partial charge >= 0.3 is 0 Å². The predicted molar refractivity (Wildman–Crippen MR) is 79.4 cm³/mol. The molecule has 0 fully saturated rings. The number of anilines is 1. The first-order valence-corrected chi connectivity index (χ1v) is 6.83. The molecular formula is C16H16N4O. The maximum absolute atomic E-state index is 11.8. The standard InChI is InChI=1S/C16H16N4O/c17-10-14-11-18-12-19-16(14)20-15(21)9-5-4-8-13-6-2-1-3-7-13/h1-3,6-7,11-12H,4-5,8-9H2,(H,18,19,20,21). The van der Waals surface area contributed by atoms with Crippen LogP contribution in [0.15, 0.2) is 42.9 Å². The van der Waals surface area contributed by atoms with Crippen LogP contribution in [-0.4, -0.2) is 15.9 Å². The van der Waals surface area contributed by atoms with Crippen LogP contribution in [0.4, 0.5) is 5.82 Å². The monoisotopic (exact) mass is 280 g/mol. The topological polar surface area (TPSA) is 78.7 Å². The normalized spacial score (nSPS) is 9.86. The minimum atomic E-state index is -0.127. The number of nitrogens with zero attached hydrogens (tertiary/aromatic N) is 3. The number of aromatic nitrogens is 2. The van der Waals surface area contributed by atoms with Gasteiger partial charge in [0.25, 0.3) is 0 Å². The van der Waals surface area contributed by atoms with Gasteiger partial charge in [0.05, 0.1) is 6.20 Å². The molecule has 0 spiro atoms. The average molecular weight is 280 g/mol. The van der Waals surface area contributed by atoms with E-state index in [4.69, 9.17) is 5.26 Å². The summed E-state index contributed by atoms with van der Waals surface area (Å²) in [6.45, 7) is 0. The number of nitrogens with one attached hydrogen (secondary N) is 1. The van der Waals surface area contributed by atoms with E-state index in [0.29, 0.717) is 6.42 Å². The molecule has 0 unspecified atom stereocenters. The van der Waals surface area contributed by atoms with Gasteiger partial charge in [0, 0.05) is 6.42 Å². The molecule has 2 aromatic rings. The van der Waals surface area contributed by atoms with Crippen LogP contribution in [-0.2, 0) is 11.2 Å². The second kappa shape index (κ2) is 7.75. The molecule has 5 heteroatoms. The van der Waals surface area contributed by atoms with E-state index in [0.717, 1.165) is 19.3 Å². The number of hydrogen-bond donors (Lipinski definition) is 1. The van der Waals surface area contributed by atoms with Gasteiger partial charge in [0.1, 0.15) is 18.0 Å². The first kappa shape index (κ1) is 14.7. The maximum atomic E-state index is 11.8. The summed E-state index contributed by atoms with van der Waals surface area (Å²) in [7, 11) is 0. The van der Waals surface area contributed by atoms with Crippen LogP contribution in [0.25, 0.3) is 0 Å². The zero-order valence-corrected chi connectivity index (χ0v) is 11.6. The molecule has 5 nitrogen and oxygen atoms in total. The molecule has 0 atom stereocenters. The fourth-order valence-corrected chi connectivity index (χ4v) is 1.96. The summed E-state index contributed by atoms with van der Waals surface area (Å²) in [5, 5.41) is 11.5. The van der Waals surface area contributed by atoms with Crippen molar-refractivity contribution in [1.29, 1.82) is 5.26 Å². The summed E-state index contributed by atoms with van der Waals surface area (Å²) in [5.41, 5.74) is 1.55. The van der Waals surface area contributed by atoms with E-state index >= 15 is 0 Å². The van der Waals surface area contributed by atoms with Crippen molar-refractivity contribution in [2.75, 3.05) is 5.32 Å². The Morgan fingerprint density at radius 2 is 2.05 bits per heavy atom. The van der Waals surface area contributed by atoms with Crippen molar-refractivity contribution in [2.24, 2.45) is 0 Å². The van der Waals surface area contributed by atoms with Crippen molar-refractivity contribution in [3.8, 4) is 6.07 Å². The summed E-state index contributed by atoms with van der Waals surface area (Å²) < 4.78 is 0. The third-order valence-electron chi connectivity index (χ3n) is 3.05. The highest BCUT2D eigenvalue weighted by molar-refractivity contribution is 5.90. The van der Waals surface area contributed by atoms with Gasteiger partial charge in [-0.1, -0.05) is 30.3 Å². The molecule has 0 aliphatic heterocycles. The van der Waals surface area contributed by atoms with Crippen LogP contribution in [0.2, 0.25) is 0 Å². The van der Waals surface area contributed by atoms with Crippen molar-refractivity contribution in [2.45, 2.75) is 25.7 Å². The third-order valence-corrected chi connectivity index (χ3v) is 3.05. The van der Waals surface area contributed by atoms with Gasteiger partial charge in [-0.05, 0) is 24.8 Å². The molecule has 1 N–H and O–H groups in total. The summed E-state index contributed by atoms with van der Waals surface area (Å²) in [5.74, 6) is 0.152. The molecular weight excluding hydrogens is 264 g/mol. The van der Waals surface area contributed by atoms with Gasteiger partial charge in [-0.2, -0.15) is 5.26 Å². The number of carbonyl (C=O) groups is 1. The fraction of sp³-hybridized carbons (Fsp3) is 0.250. The minimum Gasteiger partial charge on any atom is -0.309 e. The Morgan fingerprint density at radius 3 is 2.81 bits per heavy atom. The Balaban J connectivity index is 1.74. The third kappa shape index (κ3) is 4.69. The summed E-state index contributed by atoms with van der Waals surface area (Å²) >= 11 is 0. The molecule has 0 aliphatic carbocycles. The highest BCUT2D eigenvalue weighted by Crippen LogP contribution is 2.10. The van der Waals surface area contributed by atoms with Crippen molar-refractivity contribution in [1.82, 2.24) is 9.97 Å². The summed E-state index contributed by atoms with van der Waals surface area (Å²) in [6.07, 6.45) is 5.83. The van der Waals surface area contributed by atoms with Crippen LogP contribution in [0.3, 0.4) is 0 Å². The average Bonchev–Trinajstić information content (AvgIpc) is 2.53. The highest BCUT2D eigenvalue weighted by atomic mass is 16.1. The number of hydrogen-bond acceptors (Lipinski definition) is 4. The molecule has 1 aromatic carbocycles. The smallest absolute Gasteiger partial charge is 0.225 e. The Morgan fingerprint density at radius 1 is 1.24 bits per heavy atom. The van der Waals surface area contributed by atoms with E-state index in [1.807, 2.05) is 24.3 Å². The number of aryl methyl sites for hydroxylation is 1. The molecule has 0 bridgehead atoms. The van der Waals surface area contributed by atoms with Crippen molar-refractivity contribution in [3.63, 3.8) is 0 Å². The minimum absolute atomic E-state index is 0.127. The van der Waals surface area contributed by atoms with Crippen LogP contribution >= 0.6 is 0 Å². The van der Waals surface area contributed by atoms with Crippen molar-refractivity contribution >= 4 is 11.7 Å². The second-order valence-electron chi connectivity index (χ2n) is 4.64. The lowest BCUT2D eigenvalue weighted by atomic mass is 10.1. The zero-order chi connectivity index (χ0) is 14.9. The van der Waals surface area contributed by atoms with Gasteiger partial charge in [0.2, 0.25) is 5.91 Å². The van der Waals surface area contributed by atoms with Gasteiger partial charge in [-0.25, -0.2) is 9.97 Å². The molecule has 21 heavy (non-hydrogen) atoms. The van der Waals surface area contributed by atoms with E-state index in [-0.39, 0.29) is 17.3 Å². The maximum Gasteiger partial charge on any atom is 0.225 e. The molecule has 0 saturated carbocycles. The van der Waals surface area contributed by atoms with E-state index in [2.05, 4.69) is 27.4 Å². The molecule has 2 rings (SSSR count). The number of unbranched alkanes of at least 4 members (excludes halogenated alkanes) is 1. The predicted octanol–water partition coefficient (Wildman–Crippen LogP) is 2.70. The largest absolute Gasteiger partial charge is 0.309 e. The first-order chi connectivity index (χ1) is 10.3. The first-order valence-electron chi connectivity index (χ1n) is 6.83. The number of carbonyl (C=O) groups excluding carboxylic acids is 1. The van der Waals surface area contributed by atoms with E-state index in [1.165, 1.54) is 18.1 Å². The number of nitriles is 1. The zero-order valence-electron chi connectivity index (χ0n) is 11.6. The van der Waals surface area contributed by atoms with Crippen LogP contribution in [0, 0.1) is 11.3 Å². The second-order valence-corrected chi connectivity index (χ2v) is 4.64. The summed E-state index contributed by atoms with van der Waals surface area (Å²) in [6, 6.07) is 12.1. The van der Waals surface area contributed by atoms with E-state index in [1.54, 1.807) is 0 Å². The lowest BCUT2D eigenvalue weighted by Gasteiger charge is -2.05. The van der Waals surface area contributed by atoms with Crippen LogP contribution in [0.5, 0.6) is 0 Å². The Bertz CT molecular complexity index is 634. The molecule has 0 aliphatic rings. The Labute approximate surface area is 123 Å². The highest BCUT2D eigenvalue weighted by Gasteiger charge is 2.07. The van der Waals surface area contributed by atoms with E-state index in [9.17, 15) is 4.79 Å². The molecule has 0 saturated heterocycles. The molecule has 0 radical (unpaired) electrons. The Hall–Kier alpha value is -2.74. The van der Waals surface area contributed by atoms with Gasteiger partial charge in [-0.3, -0.25) is 4.79 Å². The number of benzene rings is 1. The number of rotatable bonds is 6. The molecule has 1 amide bonds. The fourth-order valence-electron chi connectivity index (χ4n) is 1.96. The molecule has 106 valence electrons. The van der Waals surface area contributed by atoms with Gasteiger partial charge in [-0.15, -0.1) is 0 Å². The van der Waals surface area contributed by atoms with E-state index < -0.39 is 0 Å². The number of amides is 1. The summed E-state index contributed by atoms with van der Waals surface area (Å²) in [4.78, 5) is 19.5. The molecule has 1 heterocycles. The molecule has 1 aromatic heterocycles. The SMILES string of the molecule is N#Cc1cncnc1NC(=O)CCCCc1ccccc1. The Kier molecular flexibility index (Phi) is 5.41.